The van der Waals surface area contributed by atoms with Crippen LogP contribution in [0.4, 0.5) is 10.1 Å². The molecule has 1 amide bonds. The van der Waals surface area contributed by atoms with Gasteiger partial charge in [-0.2, -0.15) is 4.39 Å². The summed E-state index contributed by atoms with van der Waals surface area (Å²) < 4.78 is 24.7. The number of nitrogens with zero attached hydrogens (tertiary/aromatic N) is 2. The molecule has 36 heavy (non-hydrogen) atoms. The van der Waals surface area contributed by atoms with E-state index in [2.05, 4.69) is 4.98 Å². The molecule has 1 aromatic heterocycles. The minimum atomic E-state index is -0.530. The third kappa shape index (κ3) is 6.09. The highest BCUT2D eigenvalue weighted by Gasteiger charge is 2.47. The Labute approximate surface area is 212 Å². The Hall–Kier alpha value is -3.29. The number of methoxy groups -OCH3 is 1. The van der Waals surface area contributed by atoms with Gasteiger partial charge in [0.2, 0.25) is 11.9 Å². The quantitative estimate of drug-likeness (QED) is 0.396. The van der Waals surface area contributed by atoms with Crippen molar-refractivity contribution in [1.82, 2.24) is 4.98 Å². The van der Waals surface area contributed by atoms with E-state index in [9.17, 15) is 9.18 Å². The molecule has 0 saturated heterocycles. The van der Waals surface area contributed by atoms with E-state index in [1.165, 1.54) is 6.07 Å². The molecule has 4 rings (SSSR count). The molecule has 6 nitrogen and oxygen atoms in total. The van der Waals surface area contributed by atoms with Gasteiger partial charge < -0.3 is 20.1 Å². The van der Waals surface area contributed by atoms with E-state index in [4.69, 9.17) is 15.2 Å². The summed E-state index contributed by atoms with van der Waals surface area (Å²) in [7, 11) is 1.61. The molecule has 2 N–H and O–H groups in total. The Morgan fingerprint density at radius 3 is 2.28 bits per heavy atom. The van der Waals surface area contributed by atoms with Gasteiger partial charge in [-0.25, -0.2) is 4.98 Å². The highest BCUT2D eigenvalue weighted by Crippen LogP contribution is 2.48. The van der Waals surface area contributed by atoms with Gasteiger partial charge in [0.1, 0.15) is 5.75 Å². The maximum absolute atomic E-state index is 13.6. The fraction of sp³-hybridized carbons (Fsp3) is 0.379. The Morgan fingerprint density at radius 1 is 1.06 bits per heavy atom. The predicted octanol–water partition coefficient (Wildman–Crippen LogP) is 5.17. The number of rotatable bonds is 10. The molecule has 1 saturated carbocycles. The number of amides is 1. The number of hydrogen-bond donors (Lipinski definition) is 1. The lowest BCUT2D eigenvalue weighted by Gasteiger charge is -2.29. The van der Waals surface area contributed by atoms with Gasteiger partial charge in [-0.3, -0.25) is 4.79 Å². The first-order valence-electron chi connectivity index (χ1n) is 12.4. The van der Waals surface area contributed by atoms with Crippen LogP contribution in [0.1, 0.15) is 38.8 Å². The number of nitrogens with two attached hydrogens (primary N) is 1. The van der Waals surface area contributed by atoms with Gasteiger partial charge in [0, 0.05) is 42.9 Å². The van der Waals surface area contributed by atoms with Gasteiger partial charge in [-0.1, -0.05) is 30.3 Å². The Bertz CT molecular complexity index is 1170. The normalized spacial score (nSPS) is 18.5. The molecule has 0 aliphatic heterocycles. The Balaban J connectivity index is 1.54. The second-order valence-corrected chi connectivity index (χ2v) is 9.63. The molecular formula is C29H34FN3O3. The average molecular weight is 492 g/mol. The molecule has 0 radical (unpaired) electrons. The number of benzene rings is 2. The SMILES string of the molecule is CO[C@H](C)[C@H](N)CN(C(=O)[C@@H]1C[C@H]1c1cccc(F)n1)c1ccc(-c2ccc(OC(C)C)cc2)cc1. The molecule has 190 valence electrons. The third-order valence-corrected chi connectivity index (χ3v) is 6.60. The first kappa shape index (κ1) is 25.8. The Kier molecular flexibility index (Phi) is 8.01. The number of aromatic nitrogens is 1. The summed E-state index contributed by atoms with van der Waals surface area (Å²) in [5, 5.41) is 0. The van der Waals surface area contributed by atoms with Crippen LogP contribution in [0.5, 0.6) is 5.75 Å². The summed E-state index contributed by atoms with van der Waals surface area (Å²) in [6.07, 6.45) is 0.545. The summed E-state index contributed by atoms with van der Waals surface area (Å²) in [5.74, 6) is -0.0733. The van der Waals surface area contributed by atoms with Crippen LogP contribution in [0.2, 0.25) is 0 Å². The molecule has 1 heterocycles. The number of halogens is 1. The van der Waals surface area contributed by atoms with E-state index >= 15 is 0 Å². The van der Waals surface area contributed by atoms with E-state index in [-0.39, 0.29) is 36.0 Å². The van der Waals surface area contributed by atoms with Crippen molar-refractivity contribution in [1.29, 1.82) is 0 Å². The topological polar surface area (TPSA) is 77.7 Å². The maximum atomic E-state index is 13.6. The van der Waals surface area contributed by atoms with Crippen molar-refractivity contribution < 1.29 is 18.7 Å². The van der Waals surface area contributed by atoms with Crippen LogP contribution in [0, 0.1) is 11.9 Å². The molecule has 1 fully saturated rings. The van der Waals surface area contributed by atoms with Crippen LogP contribution in [-0.4, -0.2) is 42.8 Å². The molecule has 1 aliphatic rings. The fourth-order valence-electron chi connectivity index (χ4n) is 4.31. The van der Waals surface area contributed by atoms with Crippen LogP contribution in [0.25, 0.3) is 11.1 Å². The van der Waals surface area contributed by atoms with Crippen molar-refractivity contribution in [3.05, 3.63) is 78.4 Å². The fourth-order valence-corrected chi connectivity index (χ4v) is 4.31. The molecule has 0 spiro atoms. The number of ether oxygens (including phenoxy) is 2. The highest BCUT2D eigenvalue weighted by atomic mass is 19.1. The van der Waals surface area contributed by atoms with E-state index in [0.717, 1.165) is 22.6 Å². The van der Waals surface area contributed by atoms with E-state index in [0.29, 0.717) is 18.7 Å². The number of anilines is 1. The summed E-state index contributed by atoms with van der Waals surface area (Å²) in [6.45, 7) is 6.20. The summed E-state index contributed by atoms with van der Waals surface area (Å²) >= 11 is 0. The predicted molar refractivity (Wildman–Crippen MR) is 139 cm³/mol. The minimum absolute atomic E-state index is 0.0345. The molecule has 1 aliphatic carbocycles. The van der Waals surface area contributed by atoms with Crippen molar-refractivity contribution >= 4 is 11.6 Å². The van der Waals surface area contributed by atoms with Crippen molar-refractivity contribution in [3.8, 4) is 16.9 Å². The zero-order valence-electron chi connectivity index (χ0n) is 21.2. The number of carbonyl (C=O) groups is 1. The smallest absolute Gasteiger partial charge is 0.230 e. The first-order valence-corrected chi connectivity index (χ1v) is 12.4. The molecule has 2 aromatic carbocycles. The minimum Gasteiger partial charge on any atom is -0.491 e. The largest absolute Gasteiger partial charge is 0.491 e. The summed E-state index contributed by atoms with van der Waals surface area (Å²) in [5.41, 5.74) is 9.83. The van der Waals surface area contributed by atoms with Crippen LogP contribution in [0.15, 0.2) is 66.7 Å². The summed E-state index contributed by atoms with van der Waals surface area (Å²) in [4.78, 5) is 19.3. The van der Waals surface area contributed by atoms with Gasteiger partial charge in [0.15, 0.2) is 0 Å². The summed E-state index contributed by atoms with van der Waals surface area (Å²) in [6, 6.07) is 20.2. The molecule has 0 bridgehead atoms. The average Bonchev–Trinajstić information content (AvgIpc) is 3.68. The van der Waals surface area contributed by atoms with Crippen molar-refractivity contribution in [2.45, 2.75) is 51.4 Å². The molecule has 3 aromatic rings. The zero-order valence-corrected chi connectivity index (χ0v) is 21.2. The highest BCUT2D eigenvalue weighted by molar-refractivity contribution is 5.97. The van der Waals surface area contributed by atoms with Crippen LogP contribution in [-0.2, 0) is 9.53 Å². The zero-order chi connectivity index (χ0) is 25.8. The number of pyridine rings is 1. The Morgan fingerprint density at radius 2 is 1.69 bits per heavy atom. The second-order valence-electron chi connectivity index (χ2n) is 9.63. The third-order valence-electron chi connectivity index (χ3n) is 6.60. The maximum Gasteiger partial charge on any atom is 0.230 e. The van der Waals surface area contributed by atoms with Gasteiger partial charge in [0.25, 0.3) is 0 Å². The molecule has 4 atom stereocenters. The van der Waals surface area contributed by atoms with Gasteiger partial charge in [-0.05, 0) is 74.7 Å². The van der Waals surface area contributed by atoms with E-state index in [1.807, 2.05) is 69.3 Å². The lowest BCUT2D eigenvalue weighted by Crippen LogP contribution is -2.47. The number of hydrogen-bond acceptors (Lipinski definition) is 5. The first-order chi connectivity index (χ1) is 17.3. The van der Waals surface area contributed by atoms with Crippen LogP contribution >= 0.6 is 0 Å². The van der Waals surface area contributed by atoms with Crippen molar-refractivity contribution in [2.75, 3.05) is 18.6 Å². The van der Waals surface area contributed by atoms with Gasteiger partial charge >= 0.3 is 0 Å². The molecule has 0 unspecified atom stereocenters. The number of carbonyl (C=O) groups excluding carboxylic acids is 1. The van der Waals surface area contributed by atoms with Crippen LogP contribution in [0.3, 0.4) is 0 Å². The van der Waals surface area contributed by atoms with Crippen molar-refractivity contribution in [3.63, 3.8) is 0 Å². The lowest BCUT2D eigenvalue weighted by molar-refractivity contribution is -0.120. The second kappa shape index (κ2) is 11.2. The van der Waals surface area contributed by atoms with Gasteiger partial charge in [0.05, 0.1) is 12.2 Å². The van der Waals surface area contributed by atoms with Crippen LogP contribution < -0.4 is 15.4 Å². The van der Waals surface area contributed by atoms with Crippen molar-refractivity contribution in [2.24, 2.45) is 11.7 Å². The molecular weight excluding hydrogens is 457 g/mol. The van der Waals surface area contributed by atoms with Gasteiger partial charge in [-0.15, -0.1) is 0 Å². The van der Waals surface area contributed by atoms with E-state index in [1.54, 1.807) is 24.1 Å². The van der Waals surface area contributed by atoms with E-state index < -0.39 is 5.95 Å². The monoisotopic (exact) mass is 491 g/mol. The standard InChI is InChI=1S/C29H34FN3O3/c1-18(2)36-23-14-10-21(11-15-23)20-8-12-22(13-9-20)33(17-26(31)19(3)35-4)29(34)25-16-24(25)27-6-5-7-28(30)32-27/h5-15,18-19,24-26H,16-17,31H2,1-4H3/t19-,24-,25-,26-/m1/s1. The lowest BCUT2D eigenvalue weighted by atomic mass is 10.0. The molecule has 7 heteroatoms.